The maximum atomic E-state index is 13.7. The molecule has 11 heterocycles. The Bertz CT molecular complexity index is 3560. The van der Waals surface area contributed by atoms with E-state index < -0.39 is 415 Å². The van der Waals surface area contributed by atoms with E-state index in [4.69, 9.17) is 99.5 Å². The molecular formula is C73H122N4O53. The molecule has 0 aromatic heterocycles. The van der Waals surface area contributed by atoms with Crippen LogP contribution in [-0.4, -0.2) is 557 Å². The largest absolute Gasteiger partial charge is 0.394 e. The van der Waals surface area contributed by atoms with Crippen LogP contribution in [0.2, 0.25) is 0 Å². The van der Waals surface area contributed by atoms with E-state index in [0.717, 1.165) is 27.7 Å². The molecule has 0 spiro atoms. The Morgan fingerprint density at radius 1 is 0.246 bits per heavy atom. The van der Waals surface area contributed by atoms with E-state index >= 15 is 0 Å². The normalized spacial score (nSPS) is 50.4. The lowest BCUT2D eigenvalue weighted by Gasteiger charge is -2.53. The zero-order chi connectivity index (χ0) is 95.5. The quantitative estimate of drug-likeness (QED) is 0.0297. The molecule has 752 valence electrons. The third-order valence-electron chi connectivity index (χ3n) is 24.1. The lowest BCUT2D eigenvalue weighted by atomic mass is 9.93. The van der Waals surface area contributed by atoms with Crippen LogP contribution in [0.5, 0.6) is 0 Å². The van der Waals surface area contributed by atoms with Crippen LogP contribution in [0.3, 0.4) is 0 Å². The Morgan fingerprint density at radius 2 is 0.554 bits per heavy atom. The highest BCUT2D eigenvalue weighted by Gasteiger charge is 2.64. The van der Waals surface area contributed by atoms with Crippen LogP contribution in [0.4, 0.5) is 0 Å². The van der Waals surface area contributed by atoms with Crippen molar-refractivity contribution in [1.82, 2.24) is 21.3 Å². The minimum Gasteiger partial charge on any atom is -0.394 e. The SMILES string of the molecule is CC(=O)N[C@@H]1[C@@H](O[C@@H]2O[C@@H](C)[C@@H](O)[C@@H](O)[C@@H]2O)[C@H](O[C@@H]2O[C@H](CO)[C@@H](O[C@@H]3O[C@H](CO[C@H]4O[C@H](CO)[C@@H](O)[C@H](O)[C@@H]4O[C@@H]4O[C@H](CO)[C@@H](O)[C@H](O)[C@H]4NC(C)=O)[C@@H](O)[C@H](O[C@H]4O[C@H](CO)[C@@H](O)[C@H](O)[C@@H]4O[C@@H]4O[C@H](CO)[C@@H](O[C@@H]5O[C@@H](C)[C@@H](O)[C@@H](O)[C@@H]5O)[C@H](O[C@H]5O[C@H](CO)[C@H](O)[C@H](O)[C@H]5O)[C@H]4NC(C)=O)[C@@H]3O[C@@H]3OC[C@@H](O)[C@H](O)[C@H]3O)[C@H](O)[C@H]2NC(C)=O)[C@@H](CO)O[C@H]1O. The predicted molar refractivity (Wildman–Crippen MR) is 400 cm³/mol. The van der Waals surface area contributed by atoms with Crippen LogP contribution in [0.25, 0.3) is 0 Å². The molecule has 130 heavy (non-hydrogen) atoms. The molecule has 0 aromatic rings. The van der Waals surface area contributed by atoms with E-state index in [1.807, 2.05) is 0 Å². The number of aliphatic hydroxyl groups excluding tert-OH is 28. The number of carbonyl (C=O) groups excluding carboxylic acids is 4. The summed E-state index contributed by atoms with van der Waals surface area (Å²) in [5.74, 6) is -3.90. The van der Waals surface area contributed by atoms with Gasteiger partial charge in [0.15, 0.2) is 69.2 Å². The second kappa shape index (κ2) is 46.1. The van der Waals surface area contributed by atoms with Gasteiger partial charge in [-0.25, -0.2) is 0 Å². The highest BCUT2D eigenvalue weighted by atomic mass is 16.8. The minimum absolute atomic E-state index is 0.880. The van der Waals surface area contributed by atoms with Crippen LogP contribution >= 0.6 is 0 Å². The maximum Gasteiger partial charge on any atom is 0.217 e. The van der Waals surface area contributed by atoms with Crippen LogP contribution in [0.15, 0.2) is 0 Å². The molecule has 57 heteroatoms. The number of hydrogen-bond acceptors (Lipinski definition) is 53. The van der Waals surface area contributed by atoms with Crippen molar-refractivity contribution in [2.45, 2.75) is 373 Å². The highest BCUT2D eigenvalue weighted by molar-refractivity contribution is 5.74. The molecule has 0 bridgehead atoms. The molecule has 0 aromatic carbocycles. The second-order valence-corrected chi connectivity index (χ2v) is 33.3. The minimum atomic E-state index is -2.65. The molecule has 11 aliphatic rings. The first-order valence-corrected chi connectivity index (χ1v) is 41.8. The summed E-state index contributed by atoms with van der Waals surface area (Å²) in [6.07, 6.45) is -108. The third kappa shape index (κ3) is 23.2. The summed E-state index contributed by atoms with van der Waals surface area (Å²) >= 11 is 0. The molecule has 11 aliphatic heterocycles. The number of nitrogens with one attached hydrogen (secondary N) is 4. The van der Waals surface area contributed by atoms with Crippen molar-refractivity contribution in [1.29, 1.82) is 0 Å². The molecule has 0 unspecified atom stereocenters. The monoisotopic (exact) mass is 1900 g/mol. The fourth-order valence-electron chi connectivity index (χ4n) is 17.0. The van der Waals surface area contributed by atoms with Gasteiger partial charge in [-0.1, -0.05) is 0 Å². The Hall–Kier alpha value is -4.08. The van der Waals surface area contributed by atoms with Crippen molar-refractivity contribution in [3.8, 4) is 0 Å². The van der Waals surface area contributed by atoms with Crippen LogP contribution in [-0.2, 0) is 119 Å². The summed E-state index contributed by atoms with van der Waals surface area (Å²) in [7, 11) is 0. The number of rotatable bonds is 32. The van der Waals surface area contributed by atoms with Crippen LogP contribution < -0.4 is 21.3 Å². The second-order valence-electron chi connectivity index (χ2n) is 33.3. The Balaban J connectivity index is 1.02. The van der Waals surface area contributed by atoms with Gasteiger partial charge in [-0.3, -0.25) is 19.2 Å². The standard InChI is InChI=1S/C73H122N4O53/c1-16-35(90)45(100)51(106)68(112-16)124-56-29(13-84)120-66(34(77-21(6)88)58(56)126-70-53(108)47(102)39(94)24(8-79)116-70)129-61-49(104)41(96)26(10-81)118-72(61)127-59-42(97)30(15-111-71-60(48(103)40(95)25(9-80)117-71)128-64-31(74-18(3)85)43(98)38(93)23(7-78)115-64)121-73(62(59)130-67-50(105)37(92)22(89)14-110-67)122-54-27(11-82)119-65(32(44(54)99)75-19(4)86)123-55-28(12-83)114-63(109)33(76-20(5)87)57(55)125-69-52(107)46(101)36(91)17(2)113-69/h16-17,22-73,78-84,89-109H,7-15H2,1-6H3,(H,74,85)(H,75,86)(H,76,87)(H,77,88)/t16-,17-,22+,23+,24+,25+,26+,27+,28+,29+,30+,31+,32+,33+,34+,35+,36+,37-,38+,39-,40+,41+,42+,43+,44+,45+,46+,47-,48-,49-,50+,51-,52-,53+,54+,55+,56+,57+,58+,59-,60-,61-,62-,63+,64-,65-,66-,67-,68-,69-,70+,71-,72+,73-/m0/s1. The van der Waals surface area contributed by atoms with Crippen LogP contribution in [0, 0.1) is 0 Å². The molecule has 32 N–H and O–H groups in total. The first kappa shape index (κ1) is 106. The lowest BCUT2D eigenvalue weighted by Crippen LogP contribution is -2.72. The molecule has 11 saturated heterocycles. The molecule has 0 aliphatic carbocycles. The molecule has 57 nitrogen and oxygen atoms in total. The van der Waals surface area contributed by atoms with Gasteiger partial charge in [0.25, 0.3) is 0 Å². The van der Waals surface area contributed by atoms with Crippen molar-refractivity contribution < 1.29 is 262 Å². The van der Waals surface area contributed by atoms with Gasteiger partial charge in [0.1, 0.15) is 250 Å². The van der Waals surface area contributed by atoms with Gasteiger partial charge in [-0.2, -0.15) is 0 Å². The molecule has 11 fully saturated rings. The number of amides is 4. The first-order valence-electron chi connectivity index (χ1n) is 41.8. The van der Waals surface area contributed by atoms with E-state index in [2.05, 4.69) is 21.3 Å². The summed E-state index contributed by atoms with van der Waals surface area (Å²) in [4.78, 5) is 52.8. The average molecular weight is 1900 g/mol. The van der Waals surface area contributed by atoms with Gasteiger partial charge in [-0.15, -0.1) is 0 Å². The topological polar surface area (TPSA) is 877 Å². The zero-order valence-corrected chi connectivity index (χ0v) is 70.3. The van der Waals surface area contributed by atoms with Crippen molar-refractivity contribution in [3.05, 3.63) is 0 Å². The number of aliphatic hydroxyl groups is 28. The summed E-state index contributed by atoms with van der Waals surface area (Å²) in [5.41, 5.74) is 0. The fourth-order valence-corrected chi connectivity index (χ4v) is 17.0. The Labute approximate surface area is 736 Å². The number of hydrogen-bond donors (Lipinski definition) is 32. The van der Waals surface area contributed by atoms with E-state index in [1.54, 1.807) is 0 Å². The van der Waals surface area contributed by atoms with E-state index in [9.17, 15) is 162 Å². The van der Waals surface area contributed by atoms with Gasteiger partial charge < -0.3 is 264 Å². The predicted octanol–water partition coefficient (Wildman–Crippen LogP) is -21.7. The highest BCUT2D eigenvalue weighted by Crippen LogP contribution is 2.43. The van der Waals surface area contributed by atoms with Gasteiger partial charge in [0.2, 0.25) is 23.6 Å². The lowest BCUT2D eigenvalue weighted by molar-refractivity contribution is -0.414. The summed E-state index contributed by atoms with van der Waals surface area (Å²) in [6, 6.07) is -7.91. The van der Waals surface area contributed by atoms with Gasteiger partial charge >= 0.3 is 0 Å². The molecular weight excluding hydrogens is 1780 g/mol. The molecule has 4 amide bonds. The summed E-state index contributed by atoms with van der Waals surface area (Å²) in [5, 5.41) is 326. The van der Waals surface area contributed by atoms with E-state index in [-0.39, 0.29) is 0 Å². The van der Waals surface area contributed by atoms with Gasteiger partial charge in [-0.05, 0) is 13.8 Å². The molecule has 0 saturated carbocycles. The molecule has 0 radical (unpaired) electrons. The zero-order valence-electron chi connectivity index (χ0n) is 70.3. The molecule has 54 atom stereocenters. The summed E-state index contributed by atoms with van der Waals surface area (Å²) < 4.78 is 129. The van der Waals surface area contributed by atoms with E-state index in [1.165, 1.54) is 13.8 Å². The first-order chi connectivity index (χ1) is 61.5. The smallest absolute Gasteiger partial charge is 0.217 e. The van der Waals surface area contributed by atoms with Crippen LogP contribution in [0.1, 0.15) is 41.5 Å². The van der Waals surface area contributed by atoms with Crippen molar-refractivity contribution >= 4 is 23.6 Å². The van der Waals surface area contributed by atoms with Crippen molar-refractivity contribution in [2.75, 3.05) is 59.5 Å². The summed E-state index contributed by atoms with van der Waals surface area (Å²) in [6.45, 7) is -4.38. The van der Waals surface area contributed by atoms with Crippen molar-refractivity contribution in [2.24, 2.45) is 0 Å². The van der Waals surface area contributed by atoms with Gasteiger partial charge in [0, 0.05) is 27.7 Å². The average Bonchev–Trinajstić information content (AvgIpc) is 0.751. The van der Waals surface area contributed by atoms with Gasteiger partial charge in [0.05, 0.1) is 71.7 Å². The Morgan fingerprint density at radius 3 is 1.04 bits per heavy atom. The molecule has 11 rings (SSSR count). The maximum absolute atomic E-state index is 13.7. The number of carbonyl (C=O) groups is 4. The fraction of sp³-hybridized carbons (Fsp3) is 0.945. The van der Waals surface area contributed by atoms with Crippen molar-refractivity contribution in [3.63, 3.8) is 0 Å². The van der Waals surface area contributed by atoms with E-state index in [0.29, 0.717) is 0 Å². The number of ether oxygens (including phenoxy) is 21. The Kier molecular flexibility index (Phi) is 37.7. The third-order valence-corrected chi connectivity index (χ3v) is 24.1.